The Morgan fingerprint density at radius 1 is 1.27 bits per heavy atom. The second kappa shape index (κ2) is 3.24. The van der Waals surface area contributed by atoms with E-state index in [2.05, 4.69) is 0 Å². The maximum atomic E-state index is 9.82. The molecule has 0 spiro atoms. The van der Waals surface area contributed by atoms with Gasteiger partial charge in [0.05, 0.1) is 0 Å². The summed E-state index contributed by atoms with van der Waals surface area (Å²) in [7, 11) is 0. The third-order valence-corrected chi connectivity index (χ3v) is 0.939. The zero-order chi connectivity index (χ0) is 9.07. The molecule has 11 heavy (non-hydrogen) atoms. The Hall–Kier alpha value is -1.24. The molecule has 0 saturated carbocycles. The highest BCUT2D eigenvalue weighted by Gasteiger charge is 2.33. The maximum Gasteiger partial charge on any atom is 0.238 e. The van der Waals surface area contributed by atoms with Gasteiger partial charge in [0, 0.05) is 9.85 Å². The minimum Gasteiger partial charge on any atom is -0.377 e. The largest absolute Gasteiger partial charge is 0.377 e. The molecule has 0 unspecified atom stereocenters. The average Bonchev–Trinajstić information content (AvgIpc) is 1.53. The molecule has 64 valence electrons. The molecule has 0 aromatic heterocycles. The average molecular weight is 164 g/mol. The molecule has 0 radical (unpaired) electrons. The van der Waals surface area contributed by atoms with Gasteiger partial charge in [-0.3, -0.25) is 20.2 Å². The van der Waals surface area contributed by atoms with Gasteiger partial charge in [-0.15, -0.1) is 0 Å². The fourth-order valence-electron chi connectivity index (χ4n) is 0.606. The van der Waals surface area contributed by atoms with Crippen molar-refractivity contribution in [2.24, 2.45) is 0 Å². The highest BCUT2D eigenvalue weighted by Crippen LogP contribution is 2.02. The summed E-state index contributed by atoms with van der Waals surface area (Å²) >= 11 is 0. The lowest BCUT2D eigenvalue weighted by molar-refractivity contribution is -0.541. The SMILES string of the molecule is CC(O)(C[N+](=O)[O-])C[N+](=O)[O-]. The van der Waals surface area contributed by atoms with Crippen LogP contribution >= 0.6 is 0 Å². The van der Waals surface area contributed by atoms with Gasteiger partial charge in [0.25, 0.3) is 0 Å². The predicted octanol–water partition coefficient (Wildman–Crippen LogP) is -0.709. The first-order valence-corrected chi connectivity index (χ1v) is 2.79. The van der Waals surface area contributed by atoms with Gasteiger partial charge in [-0.05, 0) is 6.92 Å². The van der Waals surface area contributed by atoms with E-state index in [0.29, 0.717) is 0 Å². The standard InChI is InChI=1S/C4H8N2O5/c1-4(7,2-5(8)9)3-6(10)11/h7H,2-3H2,1H3. The molecular formula is C4H8N2O5. The van der Waals surface area contributed by atoms with E-state index in [1.807, 2.05) is 0 Å². The molecule has 0 aliphatic heterocycles. The van der Waals surface area contributed by atoms with E-state index >= 15 is 0 Å². The zero-order valence-electron chi connectivity index (χ0n) is 5.89. The lowest BCUT2D eigenvalue weighted by atomic mass is 10.1. The van der Waals surface area contributed by atoms with Crippen molar-refractivity contribution in [2.45, 2.75) is 12.5 Å². The van der Waals surface area contributed by atoms with E-state index in [4.69, 9.17) is 5.11 Å². The van der Waals surface area contributed by atoms with Crippen molar-refractivity contribution in [2.75, 3.05) is 13.1 Å². The topological polar surface area (TPSA) is 107 Å². The van der Waals surface area contributed by atoms with Gasteiger partial charge in [0.15, 0.2) is 5.60 Å². The van der Waals surface area contributed by atoms with Gasteiger partial charge < -0.3 is 5.11 Å². The van der Waals surface area contributed by atoms with Crippen LogP contribution in [-0.4, -0.2) is 33.6 Å². The molecule has 0 rings (SSSR count). The summed E-state index contributed by atoms with van der Waals surface area (Å²) in [5, 5.41) is 28.6. The third-order valence-electron chi connectivity index (χ3n) is 0.939. The highest BCUT2D eigenvalue weighted by molar-refractivity contribution is 4.68. The molecule has 7 nitrogen and oxygen atoms in total. The first-order chi connectivity index (χ1) is 4.83. The first-order valence-electron chi connectivity index (χ1n) is 2.79. The van der Waals surface area contributed by atoms with Gasteiger partial charge in [-0.25, -0.2) is 0 Å². The molecule has 0 atom stereocenters. The molecular weight excluding hydrogens is 156 g/mol. The summed E-state index contributed by atoms with van der Waals surface area (Å²) < 4.78 is 0. The van der Waals surface area contributed by atoms with Crippen molar-refractivity contribution in [3.8, 4) is 0 Å². The zero-order valence-corrected chi connectivity index (χ0v) is 5.89. The van der Waals surface area contributed by atoms with Crippen molar-refractivity contribution in [3.05, 3.63) is 20.2 Å². The monoisotopic (exact) mass is 164 g/mol. The quantitative estimate of drug-likeness (QED) is 0.436. The van der Waals surface area contributed by atoms with Crippen molar-refractivity contribution >= 4 is 0 Å². The van der Waals surface area contributed by atoms with Crippen LogP contribution in [0.5, 0.6) is 0 Å². The van der Waals surface area contributed by atoms with Crippen LogP contribution < -0.4 is 0 Å². The van der Waals surface area contributed by atoms with Gasteiger partial charge >= 0.3 is 0 Å². The predicted molar refractivity (Wildman–Crippen MR) is 34.3 cm³/mol. The van der Waals surface area contributed by atoms with Crippen LogP contribution in [0.2, 0.25) is 0 Å². The number of nitro groups is 2. The number of aliphatic hydroxyl groups is 1. The van der Waals surface area contributed by atoms with Crippen LogP contribution in [0.15, 0.2) is 0 Å². The van der Waals surface area contributed by atoms with E-state index in [0.717, 1.165) is 6.92 Å². The number of rotatable bonds is 4. The van der Waals surface area contributed by atoms with Crippen molar-refractivity contribution < 1.29 is 15.0 Å². The molecule has 0 aromatic carbocycles. The molecule has 0 aliphatic carbocycles. The van der Waals surface area contributed by atoms with Crippen LogP contribution in [0.1, 0.15) is 6.92 Å². The molecule has 0 amide bonds. The molecule has 0 aromatic rings. The summed E-state index contributed by atoms with van der Waals surface area (Å²) in [5.74, 6) is 0. The van der Waals surface area contributed by atoms with Crippen molar-refractivity contribution in [1.29, 1.82) is 0 Å². The molecule has 0 fully saturated rings. The summed E-state index contributed by atoms with van der Waals surface area (Å²) in [5.41, 5.74) is -1.85. The smallest absolute Gasteiger partial charge is 0.238 e. The first kappa shape index (κ1) is 9.76. The second-order valence-electron chi connectivity index (χ2n) is 2.48. The van der Waals surface area contributed by atoms with Crippen molar-refractivity contribution in [1.82, 2.24) is 0 Å². The Morgan fingerprint density at radius 3 is 1.73 bits per heavy atom. The summed E-state index contributed by atoms with van der Waals surface area (Å²) in [6.07, 6.45) is 0. The Kier molecular flexibility index (Phi) is 2.87. The molecule has 0 saturated heterocycles. The van der Waals surface area contributed by atoms with E-state index < -0.39 is 28.5 Å². The summed E-state index contributed by atoms with van der Waals surface area (Å²) in [6, 6.07) is 0. The van der Waals surface area contributed by atoms with Gasteiger partial charge in [0.1, 0.15) is 0 Å². The molecule has 0 aliphatic rings. The fraction of sp³-hybridized carbons (Fsp3) is 1.00. The van der Waals surface area contributed by atoms with E-state index in [1.165, 1.54) is 0 Å². The Labute approximate surface area is 61.9 Å². The molecule has 7 heteroatoms. The second-order valence-corrected chi connectivity index (χ2v) is 2.48. The third kappa shape index (κ3) is 5.22. The molecule has 0 heterocycles. The van der Waals surface area contributed by atoms with Crippen LogP contribution in [0.3, 0.4) is 0 Å². The summed E-state index contributed by atoms with van der Waals surface area (Å²) in [6.45, 7) is -0.569. The van der Waals surface area contributed by atoms with E-state index in [1.54, 1.807) is 0 Å². The van der Waals surface area contributed by atoms with Crippen molar-refractivity contribution in [3.63, 3.8) is 0 Å². The lowest BCUT2D eigenvalue weighted by Crippen LogP contribution is -2.40. The number of hydrogen-bond acceptors (Lipinski definition) is 5. The Balaban J connectivity index is 3.99. The molecule has 1 N–H and O–H groups in total. The van der Waals surface area contributed by atoms with Crippen LogP contribution in [0, 0.1) is 20.2 Å². The van der Waals surface area contributed by atoms with Gasteiger partial charge in [-0.2, -0.15) is 0 Å². The minimum absolute atomic E-state index is 0.788. The number of hydrogen-bond donors (Lipinski definition) is 1. The van der Waals surface area contributed by atoms with Crippen LogP contribution in [-0.2, 0) is 0 Å². The van der Waals surface area contributed by atoms with E-state index in [-0.39, 0.29) is 0 Å². The maximum absolute atomic E-state index is 9.82. The number of nitrogens with zero attached hydrogens (tertiary/aromatic N) is 2. The van der Waals surface area contributed by atoms with Gasteiger partial charge in [0.2, 0.25) is 13.1 Å². The normalized spacial score (nSPS) is 11.1. The van der Waals surface area contributed by atoms with Crippen LogP contribution in [0.25, 0.3) is 0 Å². The van der Waals surface area contributed by atoms with Crippen LogP contribution in [0.4, 0.5) is 0 Å². The Morgan fingerprint density at radius 2 is 1.55 bits per heavy atom. The van der Waals surface area contributed by atoms with Gasteiger partial charge in [-0.1, -0.05) is 0 Å². The summed E-state index contributed by atoms with van der Waals surface area (Å²) in [4.78, 5) is 18.1. The molecule has 0 bridgehead atoms. The lowest BCUT2D eigenvalue weighted by Gasteiger charge is -2.11. The highest BCUT2D eigenvalue weighted by atomic mass is 16.6. The minimum atomic E-state index is -1.85. The Bertz CT molecular complexity index is 159. The fourth-order valence-corrected chi connectivity index (χ4v) is 0.606. The van der Waals surface area contributed by atoms with E-state index in [9.17, 15) is 20.2 Å².